The van der Waals surface area contributed by atoms with Crippen LogP contribution < -0.4 is 4.74 Å². The zero-order chi connectivity index (χ0) is 14.2. The van der Waals surface area contributed by atoms with E-state index in [1.807, 2.05) is 24.3 Å². The van der Waals surface area contributed by atoms with E-state index in [9.17, 15) is 5.11 Å². The van der Waals surface area contributed by atoms with Crippen molar-refractivity contribution >= 4 is 21.9 Å². The normalized spacial score (nSPS) is 11.0. The number of rotatable bonds is 2. The van der Waals surface area contributed by atoms with Crippen LogP contribution in [0.4, 0.5) is 0 Å². The van der Waals surface area contributed by atoms with E-state index < -0.39 is 0 Å². The lowest BCUT2D eigenvalue weighted by Crippen LogP contribution is -1.91. The van der Waals surface area contributed by atoms with E-state index in [1.165, 1.54) is 6.33 Å². The van der Waals surface area contributed by atoms with Crippen molar-refractivity contribution in [3.63, 3.8) is 0 Å². The summed E-state index contributed by atoms with van der Waals surface area (Å²) in [5.74, 6) is 1.26. The van der Waals surface area contributed by atoms with E-state index in [4.69, 9.17) is 4.74 Å². The molecule has 0 saturated heterocycles. The molecule has 0 amide bonds. The molecule has 102 valence electrons. The van der Waals surface area contributed by atoms with Gasteiger partial charge >= 0.3 is 0 Å². The van der Waals surface area contributed by atoms with Gasteiger partial charge in [-0.15, -0.1) is 0 Å². The molecule has 0 spiro atoms. The van der Waals surface area contributed by atoms with Gasteiger partial charge in [0.15, 0.2) is 5.65 Å². The van der Waals surface area contributed by atoms with E-state index in [1.54, 1.807) is 18.5 Å². The number of nitrogens with one attached hydrogen (secondary N) is 1. The number of hydrogen-bond acceptors (Lipinski definition) is 5. The largest absolute Gasteiger partial charge is 0.508 e. The topological polar surface area (TPSA) is 83.9 Å². The standard InChI is InChI=1S/C15H10N4O2/c20-11-3-1-9-2-4-12(6-10(9)5-11)21-15-13-14(17-7-16-13)18-8-19-15/h1-8,20H,(H,16,17,18,19). The maximum atomic E-state index is 9.55. The molecule has 21 heavy (non-hydrogen) atoms. The van der Waals surface area contributed by atoms with Crippen LogP contribution in [0.25, 0.3) is 21.9 Å². The van der Waals surface area contributed by atoms with Crippen LogP contribution in [0.2, 0.25) is 0 Å². The summed E-state index contributed by atoms with van der Waals surface area (Å²) < 4.78 is 5.79. The van der Waals surface area contributed by atoms with Crippen molar-refractivity contribution in [3.05, 3.63) is 49.1 Å². The Balaban J connectivity index is 1.78. The second kappa shape index (κ2) is 4.45. The van der Waals surface area contributed by atoms with Crippen molar-refractivity contribution in [2.45, 2.75) is 0 Å². The molecule has 4 rings (SSSR count). The Morgan fingerprint density at radius 1 is 0.952 bits per heavy atom. The number of aromatic amines is 1. The first-order valence-electron chi connectivity index (χ1n) is 6.34. The molecule has 2 aromatic carbocycles. The number of ether oxygens (including phenoxy) is 1. The third-order valence-electron chi connectivity index (χ3n) is 3.20. The first-order chi connectivity index (χ1) is 10.3. The molecule has 4 aromatic rings. The summed E-state index contributed by atoms with van der Waals surface area (Å²) in [6.07, 6.45) is 2.95. The van der Waals surface area contributed by atoms with Crippen molar-refractivity contribution in [2.24, 2.45) is 0 Å². The highest BCUT2D eigenvalue weighted by molar-refractivity contribution is 5.85. The number of nitrogens with zero attached hydrogens (tertiary/aromatic N) is 3. The third-order valence-corrected chi connectivity index (χ3v) is 3.20. The molecule has 2 N–H and O–H groups in total. The number of fused-ring (bicyclic) bond motifs is 2. The van der Waals surface area contributed by atoms with Crippen molar-refractivity contribution in [1.29, 1.82) is 0 Å². The molecule has 0 aliphatic heterocycles. The molecule has 0 radical (unpaired) electrons. The number of benzene rings is 2. The Kier molecular flexibility index (Phi) is 2.47. The van der Waals surface area contributed by atoms with Crippen LogP contribution >= 0.6 is 0 Å². The average Bonchev–Trinajstić information content (AvgIpc) is 2.96. The Morgan fingerprint density at radius 2 is 1.86 bits per heavy atom. The van der Waals surface area contributed by atoms with E-state index in [-0.39, 0.29) is 5.75 Å². The summed E-state index contributed by atoms with van der Waals surface area (Å²) in [6, 6.07) is 10.8. The third kappa shape index (κ3) is 2.02. The Bertz CT molecular complexity index is 949. The van der Waals surface area contributed by atoms with Gasteiger partial charge in [-0.2, -0.15) is 4.98 Å². The molecule has 0 aliphatic rings. The van der Waals surface area contributed by atoms with Crippen molar-refractivity contribution < 1.29 is 9.84 Å². The average molecular weight is 278 g/mol. The molecule has 6 nitrogen and oxygen atoms in total. The number of hydrogen-bond donors (Lipinski definition) is 2. The Hall–Kier alpha value is -3.15. The fraction of sp³-hybridized carbons (Fsp3) is 0. The van der Waals surface area contributed by atoms with Crippen LogP contribution in [-0.2, 0) is 0 Å². The summed E-state index contributed by atoms with van der Waals surface area (Å²) in [4.78, 5) is 15.2. The second-order valence-corrected chi connectivity index (χ2v) is 4.58. The van der Waals surface area contributed by atoms with Gasteiger partial charge in [-0.1, -0.05) is 12.1 Å². The second-order valence-electron chi connectivity index (χ2n) is 4.58. The van der Waals surface area contributed by atoms with Gasteiger partial charge < -0.3 is 14.8 Å². The van der Waals surface area contributed by atoms with Crippen LogP contribution in [0.1, 0.15) is 0 Å². The lowest BCUT2D eigenvalue weighted by atomic mass is 10.1. The molecule has 0 saturated carbocycles. The van der Waals surface area contributed by atoms with Gasteiger partial charge in [0.05, 0.1) is 6.33 Å². The Labute approximate surface area is 119 Å². The van der Waals surface area contributed by atoms with Gasteiger partial charge in [-0.05, 0) is 35.0 Å². The summed E-state index contributed by atoms with van der Waals surface area (Å²) in [5, 5.41) is 11.5. The maximum absolute atomic E-state index is 9.55. The summed E-state index contributed by atoms with van der Waals surface area (Å²) >= 11 is 0. The van der Waals surface area contributed by atoms with Crippen LogP contribution in [-0.4, -0.2) is 25.0 Å². The monoisotopic (exact) mass is 278 g/mol. The fourth-order valence-electron chi connectivity index (χ4n) is 2.21. The van der Waals surface area contributed by atoms with Gasteiger partial charge in [-0.3, -0.25) is 0 Å². The van der Waals surface area contributed by atoms with Crippen molar-refractivity contribution in [1.82, 2.24) is 19.9 Å². The van der Waals surface area contributed by atoms with E-state index in [0.717, 1.165) is 10.8 Å². The number of aromatic hydroxyl groups is 1. The maximum Gasteiger partial charge on any atom is 0.248 e. The highest BCUT2D eigenvalue weighted by Crippen LogP contribution is 2.28. The first-order valence-corrected chi connectivity index (χ1v) is 6.34. The molecule has 2 aromatic heterocycles. The highest BCUT2D eigenvalue weighted by Gasteiger charge is 2.08. The van der Waals surface area contributed by atoms with Crippen LogP contribution in [0.3, 0.4) is 0 Å². The summed E-state index contributed by atoms with van der Waals surface area (Å²) in [7, 11) is 0. The number of aromatic nitrogens is 4. The van der Waals surface area contributed by atoms with E-state index in [0.29, 0.717) is 22.8 Å². The van der Waals surface area contributed by atoms with Gasteiger partial charge in [-0.25, -0.2) is 9.97 Å². The zero-order valence-corrected chi connectivity index (χ0v) is 10.8. The predicted octanol–water partition coefficient (Wildman–Crippen LogP) is 3.00. The molecule has 6 heteroatoms. The minimum absolute atomic E-state index is 0.220. The smallest absolute Gasteiger partial charge is 0.248 e. The van der Waals surface area contributed by atoms with E-state index >= 15 is 0 Å². The number of phenolic OH excluding ortho intramolecular Hbond substituents is 1. The minimum Gasteiger partial charge on any atom is -0.508 e. The van der Waals surface area contributed by atoms with Gasteiger partial charge in [0.25, 0.3) is 0 Å². The quantitative estimate of drug-likeness (QED) is 0.589. The lowest BCUT2D eigenvalue weighted by Gasteiger charge is -2.06. The molecule has 2 heterocycles. The van der Waals surface area contributed by atoms with Gasteiger partial charge in [0.1, 0.15) is 23.3 Å². The number of phenols is 1. The summed E-state index contributed by atoms with van der Waals surface area (Å²) in [5.41, 5.74) is 1.20. The van der Waals surface area contributed by atoms with Crippen LogP contribution in [0.5, 0.6) is 17.4 Å². The van der Waals surface area contributed by atoms with Crippen LogP contribution in [0.15, 0.2) is 49.1 Å². The first kappa shape index (κ1) is 11.7. The fourth-order valence-corrected chi connectivity index (χ4v) is 2.21. The highest BCUT2D eigenvalue weighted by atomic mass is 16.5. The number of imidazole rings is 1. The lowest BCUT2D eigenvalue weighted by molar-refractivity contribution is 0.467. The summed E-state index contributed by atoms with van der Waals surface area (Å²) in [6.45, 7) is 0. The van der Waals surface area contributed by atoms with E-state index in [2.05, 4.69) is 19.9 Å². The van der Waals surface area contributed by atoms with Crippen molar-refractivity contribution in [2.75, 3.05) is 0 Å². The number of H-pyrrole nitrogens is 1. The molecule has 0 unspecified atom stereocenters. The van der Waals surface area contributed by atoms with Gasteiger partial charge in [0, 0.05) is 0 Å². The zero-order valence-electron chi connectivity index (χ0n) is 10.8. The molecular formula is C15H10N4O2. The van der Waals surface area contributed by atoms with Gasteiger partial charge in [0.2, 0.25) is 5.88 Å². The van der Waals surface area contributed by atoms with Crippen LogP contribution in [0, 0.1) is 0 Å². The Morgan fingerprint density at radius 3 is 2.81 bits per heavy atom. The SMILES string of the molecule is Oc1ccc2ccc(Oc3ncnc4nc[nH]c34)cc2c1. The molecule has 0 fully saturated rings. The molecule has 0 aliphatic carbocycles. The molecule has 0 atom stereocenters. The molecular weight excluding hydrogens is 268 g/mol. The molecule has 0 bridgehead atoms. The van der Waals surface area contributed by atoms with Crippen molar-refractivity contribution in [3.8, 4) is 17.4 Å². The minimum atomic E-state index is 0.220. The predicted molar refractivity (Wildman–Crippen MR) is 77.4 cm³/mol.